The lowest BCUT2D eigenvalue weighted by molar-refractivity contribution is -0.151. The topological polar surface area (TPSA) is 140 Å². The Morgan fingerprint density at radius 3 is 2.60 bits per heavy atom. The van der Waals surface area contributed by atoms with Crippen molar-refractivity contribution in [3.8, 4) is 5.75 Å². The summed E-state index contributed by atoms with van der Waals surface area (Å²) in [6.45, 7) is 8.20. The molecule has 1 saturated carbocycles. The number of rotatable bonds is 5. The summed E-state index contributed by atoms with van der Waals surface area (Å²) < 4.78 is 47.3. The molecule has 288 valence electrons. The van der Waals surface area contributed by atoms with Gasteiger partial charge in [-0.25, -0.2) is 17.9 Å². The summed E-state index contributed by atoms with van der Waals surface area (Å²) in [6.07, 6.45) is 8.56. The number of hydrogen-bond donors (Lipinski definition) is 2. The number of anilines is 1. The number of carbonyl (C=O) groups is 3. The highest BCUT2D eigenvalue weighted by atomic mass is 35.5. The quantitative estimate of drug-likeness (QED) is 0.289. The van der Waals surface area contributed by atoms with E-state index in [1.807, 2.05) is 31.2 Å². The van der Waals surface area contributed by atoms with Crippen LogP contribution in [0.4, 0.5) is 5.69 Å². The first-order valence-corrected chi connectivity index (χ1v) is 20.4. The smallest absolute Gasteiger partial charge is 0.330 e. The van der Waals surface area contributed by atoms with Gasteiger partial charge < -0.3 is 24.4 Å². The molecule has 53 heavy (non-hydrogen) atoms. The number of nitrogens with one attached hydrogen (secondary N) is 2. The second kappa shape index (κ2) is 14.9. The van der Waals surface area contributed by atoms with Gasteiger partial charge >= 0.3 is 5.97 Å². The van der Waals surface area contributed by atoms with Gasteiger partial charge in [0.1, 0.15) is 11.3 Å². The van der Waals surface area contributed by atoms with Crippen molar-refractivity contribution in [2.75, 3.05) is 38.8 Å². The van der Waals surface area contributed by atoms with E-state index in [2.05, 4.69) is 21.0 Å². The van der Waals surface area contributed by atoms with E-state index in [4.69, 9.17) is 25.8 Å². The number of amides is 2. The number of aryl methyl sites for hydroxylation is 1. The van der Waals surface area contributed by atoms with Gasteiger partial charge in [0.05, 0.1) is 36.7 Å². The highest BCUT2D eigenvalue weighted by Crippen LogP contribution is 2.50. The van der Waals surface area contributed by atoms with Crippen LogP contribution in [0.1, 0.15) is 87.7 Å². The number of nitrogens with zero attached hydrogens (tertiary/aromatic N) is 1. The van der Waals surface area contributed by atoms with E-state index in [-0.39, 0.29) is 41.1 Å². The van der Waals surface area contributed by atoms with Crippen LogP contribution >= 0.6 is 11.6 Å². The molecule has 2 aromatic rings. The van der Waals surface area contributed by atoms with Crippen molar-refractivity contribution in [3.63, 3.8) is 0 Å². The van der Waals surface area contributed by atoms with Crippen molar-refractivity contribution in [3.05, 3.63) is 70.3 Å². The van der Waals surface area contributed by atoms with Gasteiger partial charge in [0.15, 0.2) is 0 Å². The number of sulfonamides is 1. The summed E-state index contributed by atoms with van der Waals surface area (Å²) in [4.78, 5) is 42.1. The van der Waals surface area contributed by atoms with Gasteiger partial charge in [0.25, 0.3) is 5.91 Å². The third-order valence-corrected chi connectivity index (χ3v) is 14.3. The average molecular weight is 770 g/mol. The maximum atomic E-state index is 13.8. The molecule has 2 heterocycles. The molecule has 2 N–H and O–H groups in total. The molecule has 2 aliphatic carbocycles. The predicted octanol–water partition coefficient (Wildman–Crippen LogP) is 5.73. The van der Waals surface area contributed by atoms with E-state index < -0.39 is 38.3 Å². The van der Waals surface area contributed by atoms with Gasteiger partial charge in [-0.15, -0.1) is 0 Å². The molecule has 6 atom stereocenters. The Morgan fingerprint density at radius 2 is 1.91 bits per heavy atom. The van der Waals surface area contributed by atoms with Crippen LogP contribution in [0.15, 0.2) is 48.6 Å². The van der Waals surface area contributed by atoms with Crippen molar-refractivity contribution in [2.24, 2.45) is 17.8 Å². The summed E-state index contributed by atoms with van der Waals surface area (Å²) in [7, 11) is -1.18. The van der Waals surface area contributed by atoms with Gasteiger partial charge in [0.2, 0.25) is 15.9 Å². The monoisotopic (exact) mass is 769 g/mol. The van der Waals surface area contributed by atoms with E-state index in [0.29, 0.717) is 42.6 Å². The van der Waals surface area contributed by atoms with Crippen LogP contribution in [-0.4, -0.2) is 76.5 Å². The van der Waals surface area contributed by atoms with Gasteiger partial charge in [-0.2, -0.15) is 0 Å². The minimum Gasteiger partial charge on any atom is -0.490 e. The fourth-order valence-electron chi connectivity index (χ4n) is 8.79. The summed E-state index contributed by atoms with van der Waals surface area (Å²) >= 11 is 6.46. The minimum absolute atomic E-state index is 0.0538. The normalized spacial score (nSPS) is 30.3. The van der Waals surface area contributed by atoms with Crippen molar-refractivity contribution >= 4 is 45.1 Å². The first-order chi connectivity index (χ1) is 25.0. The summed E-state index contributed by atoms with van der Waals surface area (Å²) in [5.41, 5.74) is 0.658. The fourth-order valence-corrected chi connectivity index (χ4v) is 10.3. The van der Waals surface area contributed by atoms with Crippen LogP contribution in [0.2, 0.25) is 5.02 Å². The van der Waals surface area contributed by atoms with E-state index in [9.17, 15) is 22.8 Å². The molecule has 1 spiro atoms. The number of methoxy groups -OCH3 is 2. The van der Waals surface area contributed by atoms with E-state index >= 15 is 0 Å². The molecular weight excluding hydrogens is 718 g/mol. The lowest BCUT2D eigenvalue weighted by atomic mass is 9.62. The Bertz CT molecular complexity index is 1900. The second-order valence-electron chi connectivity index (χ2n) is 16.0. The number of fused-ring (bicyclic) bond motifs is 4. The minimum atomic E-state index is -4.06. The average Bonchev–Trinajstić information content (AvgIpc) is 3.24. The zero-order valence-corrected chi connectivity index (χ0v) is 33.1. The number of allylic oxidation sites excluding steroid dienone is 1. The SMILES string of the molecule is COC(=O)C(C)(C)NC(=O)C[C@]1(OC)/C=C\C[C@H](C)[C@@H](C)S(=O)(=O)NC(=O)c2ccc3c(c2)N(C[C@@H]2CC[C@H]21)C[C@@]1(CCCc2cc(Cl)ccc21)CO3. The molecule has 6 rings (SSSR count). The molecular formula is C40H52ClN3O8S. The third-order valence-electron chi connectivity index (χ3n) is 12.2. The largest absolute Gasteiger partial charge is 0.490 e. The van der Waals surface area contributed by atoms with Crippen LogP contribution in [-0.2, 0) is 40.9 Å². The highest BCUT2D eigenvalue weighted by Gasteiger charge is 2.50. The number of ether oxygens (including phenoxy) is 3. The molecule has 0 aromatic heterocycles. The summed E-state index contributed by atoms with van der Waals surface area (Å²) in [5.74, 6) is -1.38. The van der Waals surface area contributed by atoms with E-state index in [1.165, 1.54) is 18.2 Å². The molecule has 0 saturated heterocycles. The van der Waals surface area contributed by atoms with Gasteiger partial charge in [0, 0.05) is 36.2 Å². The molecule has 2 amide bonds. The molecule has 0 unspecified atom stereocenters. The Hall–Kier alpha value is -3.61. The molecule has 4 aliphatic rings. The number of benzene rings is 2. The zero-order chi connectivity index (χ0) is 38.3. The fraction of sp³-hybridized carbons (Fsp3) is 0.575. The Balaban J connectivity index is 1.44. The van der Waals surface area contributed by atoms with E-state index in [1.54, 1.807) is 46.1 Å². The van der Waals surface area contributed by atoms with Crippen LogP contribution in [0.5, 0.6) is 5.75 Å². The highest BCUT2D eigenvalue weighted by molar-refractivity contribution is 7.90. The van der Waals surface area contributed by atoms with Crippen LogP contribution in [0.25, 0.3) is 0 Å². The summed E-state index contributed by atoms with van der Waals surface area (Å²) in [5, 5.41) is 2.63. The predicted molar refractivity (Wildman–Crippen MR) is 204 cm³/mol. The standard InChI is InChI=1S/C40H52ClN3O8S/c1-25-9-7-18-40(51-6,21-35(45)42-38(3,4)37(47)50-5)32-14-11-29(32)22-44-23-39(17-8-10-27-19-30(41)13-15-31(27)39)24-52-34-16-12-28(20-33(34)44)36(46)43-53(48,49)26(25)2/h7,12-13,15-16,18-20,25-26,29,32H,8-11,14,17,21-24H2,1-6H3,(H,42,45)(H,43,46)/b18-7-/t25-,26+,29-,32+,39-,40+/m0/s1. The van der Waals surface area contributed by atoms with E-state index in [0.717, 1.165) is 32.1 Å². The molecule has 1 fully saturated rings. The second-order valence-corrected chi connectivity index (χ2v) is 18.5. The van der Waals surface area contributed by atoms with Crippen molar-refractivity contribution in [2.45, 2.75) is 94.4 Å². The third kappa shape index (κ3) is 7.69. The van der Waals surface area contributed by atoms with Crippen LogP contribution < -0.4 is 19.7 Å². The molecule has 2 aromatic carbocycles. The Kier molecular flexibility index (Phi) is 11.0. The first-order valence-electron chi connectivity index (χ1n) is 18.5. The maximum absolute atomic E-state index is 13.8. The van der Waals surface area contributed by atoms with Crippen molar-refractivity contribution in [1.82, 2.24) is 10.0 Å². The zero-order valence-electron chi connectivity index (χ0n) is 31.5. The first kappa shape index (κ1) is 39.1. The summed E-state index contributed by atoms with van der Waals surface area (Å²) in [6, 6.07) is 11.2. The van der Waals surface area contributed by atoms with Crippen LogP contribution in [0.3, 0.4) is 0 Å². The number of hydrogen-bond acceptors (Lipinski definition) is 9. The van der Waals surface area contributed by atoms with Crippen molar-refractivity contribution in [1.29, 1.82) is 0 Å². The van der Waals surface area contributed by atoms with Crippen LogP contribution in [0, 0.1) is 17.8 Å². The number of esters is 1. The number of halogens is 1. The number of carbonyl (C=O) groups excluding carboxylic acids is 3. The molecule has 2 bridgehead atoms. The Labute approximate surface area is 318 Å². The maximum Gasteiger partial charge on any atom is 0.330 e. The molecule has 13 heteroatoms. The van der Waals surface area contributed by atoms with Gasteiger partial charge in [-0.1, -0.05) is 36.7 Å². The molecule has 2 aliphatic heterocycles. The lowest BCUT2D eigenvalue weighted by Gasteiger charge is -2.50. The lowest BCUT2D eigenvalue weighted by Crippen LogP contribution is -2.56. The Morgan fingerprint density at radius 1 is 1.13 bits per heavy atom. The van der Waals surface area contributed by atoms with Gasteiger partial charge in [-0.05, 0) is 119 Å². The van der Waals surface area contributed by atoms with Crippen molar-refractivity contribution < 1.29 is 37.0 Å². The molecule has 0 radical (unpaired) electrons. The van der Waals surface area contributed by atoms with Gasteiger partial charge in [-0.3, -0.25) is 9.59 Å². The molecule has 11 nitrogen and oxygen atoms in total.